The number of hydrogen-bond donors (Lipinski definition) is 1. The van der Waals surface area contributed by atoms with Gasteiger partial charge < -0.3 is 24.2 Å². The van der Waals surface area contributed by atoms with Crippen LogP contribution in [-0.4, -0.2) is 57.5 Å². The van der Waals surface area contributed by atoms with E-state index >= 15 is 0 Å². The molecule has 1 unspecified atom stereocenters. The first-order valence-corrected chi connectivity index (χ1v) is 11.6. The second-order valence-corrected chi connectivity index (χ2v) is 10.4. The fraction of sp³-hybridized carbons (Fsp3) is 0.577. The van der Waals surface area contributed by atoms with Crippen LogP contribution in [0.2, 0.25) is 0 Å². The van der Waals surface area contributed by atoms with E-state index in [2.05, 4.69) is 0 Å². The van der Waals surface area contributed by atoms with Gasteiger partial charge in [0.1, 0.15) is 17.5 Å². The minimum atomic E-state index is -1.17. The maximum absolute atomic E-state index is 13.4. The van der Waals surface area contributed by atoms with Crippen LogP contribution >= 0.6 is 0 Å². The molecule has 1 aromatic carbocycles. The predicted octanol–water partition coefficient (Wildman–Crippen LogP) is 4.53. The van der Waals surface area contributed by atoms with Gasteiger partial charge in [-0.1, -0.05) is 13.8 Å². The van der Waals surface area contributed by atoms with Gasteiger partial charge in [-0.2, -0.15) is 0 Å². The molecule has 1 aliphatic rings. The Morgan fingerprint density at radius 2 is 1.80 bits per heavy atom. The number of halogens is 1. The van der Waals surface area contributed by atoms with Gasteiger partial charge in [-0.3, -0.25) is 9.59 Å². The van der Waals surface area contributed by atoms with Crippen molar-refractivity contribution in [2.24, 2.45) is 5.92 Å². The SMILES string of the molecule is CC(C)C(C(=O)O)N(/C=C/[C@@H]1C[C@H](CC(=O)OC(C)(C)C)OC(C)(C)O1)C(=O)c1ccc(F)cc1. The molecule has 1 fully saturated rings. The lowest BCUT2D eigenvalue weighted by Gasteiger charge is -2.40. The predicted molar refractivity (Wildman–Crippen MR) is 127 cm³/mol. The molecule has 9 heteroatoms. The van der Waals surface area contributed by atoms with E-state index in [1.54, 1.807) is 54.5 Å². The lowest BCUT2D eigenvalue weighted by molar-refractivity contribution is -0.290. The van der Waals surface area contributed by atoms with Crippen molar-refractivity contribution < 1.29 is 38.1 Å². The number of benzene rings is 1. The highest BCUT2D eigenvalue weighted by molar-refractivity contribution is 5.97. The summed E-state index contributed by atoms with van der Waals surface area (Å²) in [6, 6.07) is 3.75. The minimum Gasteiger partial charge on any atom is -0.480 e. The number of carbonyl (C=O) groups excluding carboxylic acids is 2. The second kappa shape index (κ2) is 11.3. The molecular formula is C26H36FNO7. The molecule has 0 saturated carbocycles. The Balaban J connectivity index is 2.28. The van der Waals surface area contributed by atoms with Crippen LogP contribution in [0, 0.1) is 11.7 Å². The lowest BCUT2D eigenvalue weighted by Crippen LogP contribution is -2.47. The Labute approximate surface area is 206 Å². The maximum Gasteiger partial charge on any atom is 0.327 e. The van der Waals surface area contributed by atoms with E-state index < -0.39 is 59.2 Å². The molecule has 1 N–H and O–H groups in total. The summed E-state index contributed by atoms with van der Waals surface area (Å²) >= 11 is 0. The summed E-state index contributed by atoms with van der Waals surface area (Å²) in [6.45, 7) is 12.2. The van der Waals surface area contributed by atoms with Crippen LogP contribution in [-0.2, 0) is 23.8 Å². The smallest absolute Gasteiger partial charge is 0.327 e. The van der Waals surface area contributed by atoms with E-state index in [1.165, 1.54) is 18.3 Å². The highest BCUT2D eigenvalue weighted by Gasteiger charge is 2.37. The van der Waals surface area contributed by atoms with Gasteiger partial charge in [0.05, 0.1) is 18.6 Å². The van der Waals surface area contributed by atoms with Crippen molar-refractivity contribution in [3.05, 3.63) is 47.9 Å². The number of carboxylic acid groups (broad SMARTS) is 1. The molecule has 0 aliphatic carbocycles. The number of esters is 1. The van der Waals surface area contributed by atoms with E-state index in [9.17, 15) is 23.9 Å². The van der Waals surface area contributed by atoms with Crippen LogP contribution in [0.4, 0.5) is 4.39 Å². The second-order valence-electron chi connectivity index (χ2n) is 10.4. The van der Waals surface area contributed by atoms with Crippen molar-refractivity contribution in [1.29, 1.82) is 0 Å². The zero-order valence-electron chi connectivity index (χ0n) is 21.4. The van der Waals surface area contributed by atoms with Crippen molar-refractivity contribution in [2.45, 2.75) is 90.9 Å². The van der Waals surface area contributed by atoms with E-state index in [4.69, 9.17) is 14.2 Å². The molecule has 2 rings (SSSR count). The van der Waals surface area contributed by atoms with E-state index in [-0.39, 0.29) is 12.0 Å². The summed E-state index contributed by atoms with van der Waals surface area (Å²) < 4.78 is 30.6. The fourth-order valence-corrected chi connectivity index (χ4v) is 3.90. The van der Waals surface area contributed by atoms with Gasteiger partial charge in [-0.05, 0) is 70.9 Å². The number of ether oxygens (including phenoxy) is 3. The number of amides is 1. The third kappa shape index (κ3) is 8.74. The molecular weight excluding hydrogens is 457 g/mol. The monoisotopic (exact) mass is 493 g/mol. The molecule has 8 nitrogen and oxygen atoms in total. The zero-order valence-corrected chi connectivity index (χ0v) is 21.4. The first-order chi connectivity index (χ1) is 16.1. The van der Waals surface area contributed by atoms with Crippen LogP contribution in [0.3, 0.4) is 0 Å². The number of rotatable bonds is 8. The van der Waals surface area contributed by atoms with Gasteiger partial charge in [-0.25, -0.2) is 9.18 Å². The van der Waals surface area contributed by atoms with Crippen LogP contribution in [0.25, 0.3) is 0 Å². The standard InChI is InChI=1S/C26H36FNO7/c1-16(2)22(24(31)32)28(23(30)17-8-10-18(27)11-9-17)13-12-19-14-20(34-26(6,7)33-19)15-21(29)35-25(3,4)5/h8-13,16,19-20,22H,14-15H2,1-7H3,(H,31,32)/b13-12+/t19-,20-,22?/m1/s1. The van der Waals surface area contributed by atoms with Gasteiger partial charge in [0.2, 0.25) is 0 Å². The highest BCUT2D eigenvalue weighted by Crippen LogP contribution is 2.30. The Kier molecular flexibility index (Phi) is 9.19. The van der Waals surface area contributed by atoms with Gasteiger partial charge in [-0.15, -0.1) is 0 Å². The molecule has 0 bridgehead atoms. The molecule has 3 atom stereocenters. The van der Waals surface area contributed by atoms with Crippen molar-refractivity contribution >= 4 is 17.8 Å². The van der Waals surface area contributed by atoms with Crippen molar-refractivity contribution in [2.75, 3.05) is 0 Å². The summed E-state index contributed by atoms with van der Waals surface area (Å²) in [5, 5.41) is 9.82. The first-order valence-electron chi connectivity index (χ1n) is 11.6. The van der Waals surface area contributed by atoms with Gasteiger partial charge in [0.25, 0.3) is 5.91 Å². The average molecular weight is 494 g/mol. The number of aliphatic carboxylic acids is 1. The molecule has 194 valence electrons. The Bertz CT molecular complexity index is 934. The molecule has 1 aromatic rings. The molecule has 0 spiro atoms. The van der Waals surface area contributed by atoms with Crippen LogP contribution in [0.15, 0.2) is 36.5 Å². The summed E-state index contributed by atoms with van der Waals surface area (Å²) in [4.78, 5) is 38.7. The third-order valence-corrected chi connectivity index (χ3v) is 5.17. The summed E-state index contributed by atoms with van der Waals surface area (Å²) in [5.41, 5.74) is -0.472. The number of nitrogens with zero attached hydrogens (tertiary/aromatic N) is 1. The minimum absolute atomic E-state index is 0.0242. The van der Waals surface area contributed by atoms with Gasteiger partial charge >= 0.3 is 11.9 Å². The third-order valence-electron chi connectivity index (χ3n) is 5.17. The Morgan fingerprint density at radius 1 is 1.20 bits per heavy atom. The molecule has 0 radical (unpaired) electrons. The lowest BCUT2D eigenvalue weighted by atomic mass is 10.0. The number of carbonyl (C=O) groups is 3. The molecule has 1 saturated heterocycles. The van der Waals surface area contributed by atoms with Crippen molar-refractivity contribution in [1.82, 2.24) is 4.90 Å². The molecule has 1 aliphatic heterocycles. The topological polar surface area (TPSA) is 102 Å². The summed E-state index contributed by atoms with van der Waals surface area (Å²) in [7, 11) is 0. The average Bonchev–Trinajstić information content (AvgIpc) is 2.67. The van der Waals surface area contributed by atoms with Gasteiger partial charge in [0, 0.05) is 18.2 Å². The number of hydrogen-bond acceptors (Lipinski definition) is 6. The van der Waals surface area contributed by atoms with E-state index in [0.29, 0.717) is 6.42 Å². The fourth-order valence-electron chi connectivity index (χ4n) is 3.90. The van der Waals surface area contributed by atoms with E-state index in [0.717, 1.165) is 17.0 Å². The zero-order chi connectivity index (χ0) is 26.6. The van der Waals surface area contributed by atoms with Gasteiger partial charge in [0.15, 0.2) is 5.79 Å². The quantitative estimate of drug-likeness (QED) is 0.531. The van der Waals surface area contributed by atoms with E-state index in [1.807, 2.05) is 0 Å². The largest absolute Gasteiger partial charge is 0.480 e. The van der Waals surface area contributed by atoms with Crippen LogP contribution in [0.1, 0.15) is 71.7 Å². The Hall–Kier alpha value is -2.78. The summed E-state index contributed by atoms with van der Waals surface area (Å²) in [6.07, 6.45) is 2.25. The van der Waals surface area contributed by atoms with Crippen molar-refractivity contribution in [3.63, 3.8) is 0 Å². The number of carboxylic acids is 1. The van der Waals surface area contributed by atoms with Crippen molar-refractivity contribution in [3.8, 4) is 0 Å². The highest BCUT2D eigenvalue weighted by atomic mass is 19.1. The molecule has 35 heavy (non-hydrogen) atoms. The maximum atomic E-state index is 13.4. The Morgan fingerprint density at radius 3 is 2.31 bits per heavy atom. The van der Waals surface area contributed by atoms with Crippen LogP contribution in [0.5, 0.6) is 0 Å². The first kappa shape index (κ1) is 28.5. The van der Waals surface area contributed by atoms with Crippen LogP contribution < -0.4 is 0 Å². The molecule has 1 amide bonds. The summed E-state index contributed by atoms with van der Waals surface area (Å²) in [5.74, 6) is -4.09. The molecule has 1 heterocycles. The normalized spacial score (nSPS) is 21.1. The molecule has 0 aromatic heterocycles.